The molecule has 0 unspecified atom stereocenters. The molecule has 0 aliphatic rings. The highest BCUT2D eigenvalue weighted by atomic mass is 79.9. The molecular formula is C23H28BrClN4O3S. The Morgan fingerprint density at radius 3 is 2.64 bits per heavy atom. The van der Waals surface area contributed by atoms with Crippen LogP contribution in [0.15, 0.2) is 51.8 Å². The van der Waals surface area contributed by atoms with Crippen molar-refractivity contribution in [3.63, 3.8) is 0 Å². The number of nitrogens with zero attached hydrogens (tertiary/aromatic N) is 1. The summed E-state index contributed by atoms with van der Waals surface area (Å²) < 4.78 is 2.04. The molecule has 1 heterocycles. The van der Waals surface area contributed by atoms with Gasteiger partial charge in [-0.3, -0.25) is 9.59 Å². The monoisotopic (exact) mass is 554 g/mol. The average molecular weight is 556 g/mol. The Kier molecular flexibility index (Phi) is 11.9. The minimum absolute atomic E-state index is 0.00479. The van der Waals surface area contributed by atoms with Gasteiger partial charge in [0.1, 0.15) is 0 Å². The van der Waals surface area contributed by atoms with Crippen LogP contribution in [0.3, 0.4) is 0 Å². The number of unbranched alkanes of at least 4 members (excludes halogenated alkanes) is 2. The first-order valence-corrected chi connectivity index (χ1v) is 12.4. The van der Waals surface area contributed by atoms with E-state index >= 15 is 0 Å². The predicted molar refractivity (Wildman–Crippen MR) is 138 cm³/mol. The van der Waals surface area contributed by atoms with E-state index in [0.717, 1.165) is 62.9 Å². The summed E-state index contributed by atoms with van der Waals surface area (Å²) in [7, 11) is 1.50. The number of hydrogen-bond acceptors (Lipinski definition) is 6. The van der Waals surface area contributed by atoms with Crippen LogP contribution in [0, 0.1) is 0 Å². The van der Waals surface area contributed by atoms with E-state index in [2.05, 4.69) is 32.0 Å². The Bertz CT molecular complexity index is 1050. The highest BCUT2D eigenvalue weighted by Crippen LogP contribution is 2.34. The molecule has 2 aromatic carbocycles. The first-order valence-electron chi connectivity index (χ1n) is 10.5. The van der Waals surface area contributed by atoms with Gasteiger partial charge in [0.15, 0.2) is 6.29 Å². The maximum atomic E-state index is 12.0. The molecule has 1 aromatic heterocycles. The summed E-state index contributed by atoms with van der Waals surface area (Å²) in [6.07, 6.45) is 3.48. The number of nitrogens with two attached hydrogens (primary N) is 1. The number of nitrogens with one attached hydrogen (secondary N) is 2. The number of carbonyl (C=O) groups is 2. The fraction of sp³-hybridized carbons (Fsp3) is 0.304. The summed E-state index contributed by atoms with van der Waals surface area (Å²) in [5.74, 6) is 0.00479. The minimum Gasteiger partial charge on any atom is -0.352 e. The largest absolute Gasteiger partial charge is 0.352 e. The van der Waals surface area contributed by atoms with Crippen LogP contribution in [0.2, 0.25) is 5.02 Å². The Morgan fingerprint density at radius 2 is 1.94 bits per heavy atom. The van der Waals surface area contributed by atoms with Crippen molar-refractivity contribution in [3.05, 3.63) is 63.2 Å². The topological polar surface area (TPSA) is 111 Å². The SMILES string of the molecule is CN.O=Cc1[nH]c2ccc(Br)cc2c1SN(O)CCCCCC(=O)NCc1ccc(Cl)cc1. The van der Waals surface area contributed by atoms with E-state index in [1.165, 1.54) is 7.05 Å². The van der Waals surface area contributed by atoms with Crippen LogP contribution in [0.4, 0.5) is 0 Å². The van der Waals surface area contributed by atoms with Crippen LogP contribution in [-0.4, -0.2) is 40.4 Å². The van der Waals surface area contributed by atoms with Crippen LogP contribution in [0.25, 0.3) is 10.9 Å². The molecule has 3 aromatic rings. The highest BCUT2D eigenvalue weighted by molar-refractivity contribution is 9.10. The van der Waals surface area contributed by atoms with Crippen molar-refractivity contribution in [1.82, 2.24) is 14.8 Å². The molecule has 0 spiro atoms. The van der Waals surface area contributed by atoms with Crippen molar-refractivity contribution in [2.75, 3.05) is 13.6 Å². The number of halogens is 2. The minimum atomic E-state index is 0.00479. The number of hydrogen-bond donors (Lipinski definition) is 4. The van der Waals surface area contributed by atoms with Crippen LogP contribution in [0.5, 0.6) is 0 Å². The molecule has 5 N–H and O–H groups in total. The number of rotatable bonds is 11. The van der Waals surface area contributed by atoms with Crippen molar-refractivity contribution in [2.45, 2.75) is 37.1 Å². The molecule has 7 nitrogen and oxygen atoms in total. The Labute approximate surface area is 211 Å². The molecule has 0 aliphatic carbocycles. The van der Waals surface area contributed by atoms with E-state index in [4.69, 9.17) is 11.6 Å². The molecule has 1 amide bonds. The lowest BCUT2D eigenvalue weighted by Crippen LogP contribution is -2.22. The third kappa shape index (κ3) is 8.77. The van der Waals surface area contributed by atoms with E-state index < -0.39 is 0 Å². The van der Waals surface area contributed by atoms with Crippen molar-refractivity contribution in [1.29, 1.82) is 0 Å². The lowest BCUT2D eigenvalue weighted by atomic mass is 10.2. The number of benzene rings is 2. The molecule has 0 atom stereocenters. The third-order valence-electron chi connectivity index (χ3n) is 4.71. The highest BCUT2D eigenvalue weighted by Gasteiger charge is 2.15. The van der Waals surface area contributed by atoms with Crippen molar-refractivity contribution < 1.29 is 14.8 Å². The van der Waals surface area contributed by atoms with Gasteiger partial charge in [0, 0.05) is 39.9 Å². The molecule has 0 aliphatic heterocycles. The van der Waals surface area contributed by atoms with Crippen LogP contribution in [-0.2, 0) is 11.3 Å². The molecule has 10 heteroatoms. The van der Waals surface area contributed by atoms with E-state index in [0.29, 0.717) is 35.1 Å². The summed E-state index contributed by atoms with van der Waals surface area (Å²) in [6.45, 7) is 0.910. The first-order chi connectivity index (χ1) is 16.0. The van der Waals surface area contributed by atoms with Crippen molar-refractivity contribution >= 4 is 62.6 Å². The smallest absolute Gasteiger partial charge is 0.220 e. The number of fused-ring (bicyclic) bond motifs is 1. The van der Waals surface area contributed by atoms with Crippen molar-refractivity contribution in [2.24, 2.45) is 5.73 Å². The number of carbonyl (C=O) groups excluding carboxylic acids is 2. The van der Waals surface area contributed by atoms with Gasteiger partial charge in [0.2, 0.25) is 5.91 Å². The molecule has 0 bridgehead atoms. The predicted octanol–water partition coefficient (Wildman–Crippen LogP) is 5.55. The Hall–Kier alpha value is -1.88. The summed E-state index contributed by atoms with van der Waals surface area (Å²) in [6, 6.07) is 13.1. The summed E-state index contributed by atoms with van der Waals surface area (Å²) >= 11 is 10.4. The van der Waals surface area contributed by atoms with Gasteiger partial charge >= 0.3 is 0 Å². The van der Waals surface area contributed by atoms with E-state index in [1.807, 2.05) is 30.3 Å². The fourth-order valence-corrected chi connectivity index (χ4v) is 4.48. The number of amides is 1. The molecule has 0 saturated heterocycles. The second-order valence-corrected chi connectivity index (χ2v) is 9.42. The van der Waals surface area contributed by atoms with Crippen molar-refractivity contribution in [3.8, 4) is 0 Å². The van der Waals surface area contributed by atoms with E-state index in [9.17, 15) is 14.8 Å². The van der Waals surface area contributed by atoms with Gasteiger partial charge in [-0.1, -0.05) is 46.1 Å². The Balaban J connectivity index is 0.00000187. The first kappa shape index (κ1) is 27.4. The zero-order valence-electron chi connectivity index (χ0n) is 18.3. The summed E-state index contributed by atoms with van der Waals surface area (Å²) in [4.78, 5) is 27.1. The third-order valence-corrected chi connectivity index (χ3v) is 6.47. The zero-order valence-corrected chi connectivity index (χ0v) is 21.5. The quantitative estimate of drug-likeness (QED) is 0.107. The lowest BCUT2D eigenvalue weighted by molar-refractivity contribution is -0.121. The molecule has 0 saturated carbocycles. The van der Waals surface area contributed by atoms with Crippen LogP contribution >= 0.6 is 39.5 Å². The Morgan fingerprint density at radius 1 is 1.21 bits per heavy atom. The average Bonchev–Trinajstić information content (AvgIpc) is 3.16. The number of aromatic nitrogens is 1. The van der Waals surface area contributed by atoms with Gasteiger partial charge in [-0.2, -0.15) is 0 Å². The number of H-pyrrole nitrogens is 1. The summed E-state index contributed by atoms with van der Waals surface area (Å²) in [5, 5.41) is 14.7. The van der Waals surface area contributed by atoms with Gasteiger partial charge in [-0.25, -0.2) is 0 Å². The molecule has 178 valence electrons. The van der Waals surface area contributed by atoms with Gasteiger partial charge in [0.05, 0.1) is 10.6 Å². The second-order valence-electron chi connectivity index (χ2n) is 7.06. The standard InChI is InChI=1S/C22H23BrClN3O3S.CH5N/c23-16-7-10-19-18(12-16)22(20(14-28)26-19)31-27(30)11-3-1-2-4-21(29)25-13-15-5-8-17(24)9-6-15;1-2/h5-10,12,14,26,30H,1-4,11,13H2,(H,25,29);2H2,1H3. The number of hydroxylamine groups is 1. The number of aldehydes is 1. The maximum absolute atomic E-state index is 12.0. The summed E-state index contributed by atoms with van der Waals surface area (Å²) in [5.41, 5.74) is 6.78. The van der Waals surface area contributed by atoms with Crippen LogP contribution in [0.1, 0.15) is 41.7 Å². The molecule has 3 rings (SSSR count). The normalized spacial score (nSPS) is 10.7. The second kappa shape index (κ2) is 14.4. The number of aromatic amines is 1. The molecule has 0 fully saturated rings. The van der Waals surface area contributed by atoms with Gasteiger partial charge < -0.3 is 21.2 Å². The molecule has 0 radical (unpaired) electrons. The van der Waals surface area contributed by atoms with Crippen LogP contribution < -0.4 is 11.1 Å². The van der Waals surface area contributed by atoms with Gasteiger partial charge in [-0.05, 0) is 67.7 Å². The van der Waals surface area contributed by atoms with E-state index in [-0.39, 0.29) is 5.91 Å². The molecule has 33 heavy (non-hydrogen) atoms. The van der Waals surface area contributed by atoms with Gasteiger partial charge in [0.25, 0.3) is 0 Å². The fourth-order valence-electron chi connectivity index (χ4n) is 3.09. The lowest BCUT2D eigenvalue weighted by Gasteiger charge is -2.13. The maximum Gasteiger partial charge on any atom is 0.220 e. The van der Waals surface area contributed by atoms with Gasteiger partial charge in [-0.15, -0.1) is 4.47 Å². The van der Waals surface area contributed by atoms with E-state index in [1.54, 1.807) is 12.1 Å². The zero-order chi connectivity index (χ0) is 24.2. The molecular weight excluding hydrogens is 528 g/mol.